The van der Waals surface area contributed by atoms with Gasteiger partial charge in [0.25, 0.3) is 30.4 Å². The second-order valence-electron chi connectivity index (χ2n) is 13.3. The number of benzene rings is 5. The molecule has 0 aliphatic carbocycles. The summed E-state index contributed by atoms with van der Waals surface area (Å²) in [6.07, 6.45) is 1.00. The fraction of sp³-hybridized carbons (Fsp3) is 0.135. The van der Waals surface area contributed by atoms with Gasteiger partial charge in [-0.2, -0.15) is 35.0 Å². The highest BCUT2D eigenvalue weighted by atomic mass is 32.2. The van der Waals surface area contributed by atoms with Crippen molar-refractivity contribution in [2.75, 3.05) is 12.4 Å². The Bertz CT molecular complexity index is 3330. The van der Waals surface area contributed by atoms with Crippen LogP contribution in [0.4, 0.5) is 33.6 Å². The summed E-state index contributed by atoms with van der Waals surface area (Å²) in [5, 5.41) is 50.9. The van der Waals surface area contributed by atoms with Gasteiger partial charge < -0.3 is 14.9 Å². The van der Waals surface area contributed by atoms with Crippen LogP contribution in [0.2, 0.25) is 0 Å². The number of ether oxygens (including phenoxy) is 1. The molecule has 5 aromatic carbocycles. The number of hydrogen-bond donors (Lipinski definition) is 5. The number of aromatic nitrogens is 3. The van der Waals surface area contributed by atoms with Crippen LogP contribution in [0.15, 0.2) is 126 Å². The molecular weight excluding hydrogens is 891 g/mol. The van der Waals surface area contributed by atoms with Crippen LogP contribution >= 0.6 is 11.3 Å². The Hall–Kier alpha value is -6.61. The third kappa shape index (κ3) is 9.62. The molecule has 7 rings (SSSR count). The molecule has 2 heterocycles. The van der Waals surface area contributed by atoms with E-state index in [0.29, 0.717) is 16.4 Å². The zero-order valence-electron chi connectivity index (χ0n) is 32.0. The van der Waals surface area contributed by atoms with E-state index in [1.54, 1.807) is 13.0 Å². The molecule has 0 spiro atoms. The van der Waals surface area contributed by atoms with E-state index in [1.807, 2.05) is 25.1 Å². The number of thiazole rings is 1. The van der Waals surface area contributed by atoms with Crippen LogP contribution < -0.4 is 4.74 Å². The SMILES string of the molecule is Cc1cc(N=Nc2ccc3c(S(=O)(=O)O)c(N=Nc4cnn(-c5ccc(S(=O)(=O)O)cc5)c4O)ccc3c2O)c(OCCCS(=O)(=O)O)cc1N=Nc1nc2c(C)cccc2s1. The van der Waals surface area contributed by atoms with Crippen LogP contribution in [0.5, 0.6) is 17.4 Å². The predicted octanol–water partition coefficient (Wildman–Crippen LogP) is 9.06. The molecule has 0 fully saturated rings. The van der Waals surface area contributed by atoms with Crippen molar-refractivity contribution in [3.8, 4) is 23.1 Å². The molecular formula is C37H31N9O12S4. The van der Waals surface area contributed by atoms with Gasteiger partial charge in [0, 0.05) is 16.8 Å². The Morgan fingerprint density at radius 1 is 0.694 bits per heavy atom. The molecule has 25 heteroatoms. The number of phenols is 1. The van der Waals surface area contributed by atoms with Crippen LogP contribution in [0.25, 0.3) is 26.7 Å². The average Bonchev–Trinajstić information content (AvgIpc) is 3.80. The van der Waals surface area contributed by atoms with Gasteiger partial charge in [-0.1, -0.05) is 29.5 Å². The highest BCUT2D eigenvalue weighted by Crippen LogP contribution is 2.43. The summed E-state index contributed by atoms with van der Waals surface area (Å²) in [5.74, 6) is -1.58. The van der Waals surface area contributed by atoms with E-state index in [4.69, 9.17) is 4.74 Å². The summed E-state index contributed by atoms with van der Waals surface area (Å²) >= 11 is 1.35. The zero-order chi connectivity index (χ0) is 44.6. The second-order valence-corrected chi connectivity index (χ2v) is 18.6. The average molecular weight is 922 g/mol. The van der Waals surface area contributed by atoms with Crippen LogP contribution in [0, 0.1) is 13.8 Å². The monoisotopic (exact) mass is 921 g/mol. The quantitative estimate of drug-likeness (QED) is 0.0386. The van der Waals surface area contributed by atoms with Gasteiger partial charge in [-0.25, -0.2) is 4.98 Å². The molecule has 21 nitrogen and oxygen atoms in total. The molecule has 0 saturated heterocycles. The summed E-state index contributed by atoms with van der Waals surface area (Å²) < 4.78 is 107. The minimum absolute atomic E-state index is 0.0739. The summed E-state index contributed by atoms with van der Waals surface area (Å²) in [5.41, 5.74) is 2.24. The van der Waals surface area contributed by atoms with Crippen molar-refractivity contribution in [1.29, 1.82) is 0 Å². The van der Waals surface area contributed by atoms with Gasteiger partial charge >= 0.3 is 0 Å². The van der Waals surface area contributed by atoms with Crippen molar-refractivity contribution in [1.82, 2.24) is 14.8 Å². The number of rotatable bonds is 14. The number of fused-ring (bicyclic) bond motifs is 2. The minimum atomic E-state index is -5.04. The normalized spacial score (nSPS) is 12.8. The fourth-order valence-electron chi connectivity index (χ4n) is 5.94. The molecule has 0 aliphatic rings. The van der Waals surface area contributed by atoms with Gasteiger partial charge in [0.2, 0.25) is 11.0 Å². The topological polar surface area (TPSA) is 318 Å². The first-order valence-corrected chi connectivity index (χ1v) is 23.0. The lowest BCUT2D eigenvalue weighted by Crippen LogP contribution is -2.08. The summed E-state index contributed by atoms with van der Waals surface area (Å²) in [6, 6.07) is 18.4. The van der Waals surface area contributed by atoms with E-state index < -0.39 is 57.5 Å². The molecule has 62 heavy (non-hydrogen) atoms. The lowest BCUT2D eigenvalue weighted by Gasteiger charge is -2.11. The smallest absolute Gasteiger partial charge is 0.297 e. The van der Waals surface area contributed by atoms with Gasteiger partial charge in [-0.3, -0.25) is 13.7 Å². The van der Waals surface area contributed by atoms with Crippen molar-refractivity contribution >= 4 is 96.2 Å². The van der Waals surface area contributed by atoms with Crippen molar-refractivity contribution in [2.45, 2.75) is 30.1 Å². The molecule has 5 N–H and O–H groups in total. The highest BCUT2D eigenvalue weighted by molar-refractivity contribution is 7.86. The number of aromatic hydroxyl groups is 2. The van der Waals surface area contributed by atoms with Crippen molar-refractivity contribution in [3.63, 3.8) is 0 Å². The van der Waals surface area contributed by atoms with Gasteiger partial charge in [0.1, 0.15) is 27.7 Å². The largest absolute Gasteiger partial charge is 0.505 e. The molecule has 0 amide bonds. The fourth-order valence-corrected chi connectivity index (χ4v) is 8.60. The first-order valence-electron chi connectivity index (χ1n) is 17.7. The Labute approximate surface area is 355 Å². The van der Waals surface area contributed by atoms with Crippen LogP contribution in [0.1, 0.15) is 17.5 Å². The number of para-hydroxylation sites is 1. The Balaban J connectivity index is 1.19. The first-order chi connectivity index (χ1) is 29.3. The zero-order valence-corrected chi connectivity index (χ0v) is 35.2. The van der Waals surface area contributed by atoms with E-state index in [2.05, 4.69) is 40.8 Å². The number of aryl methyl sites for hydroxylation is 2. The first kappa shape index (κ1) is 43.5. The maximum absolute atomic E-state index is 12.7. The molecule has 0 saturated carbocycles. The Morgan fingerprint density at radius 2 is 1.35 bits per heavy atom. The number of hydrogen-bond acceptors (Lipinski definition) is 18. The molecule has 0 aliphatic heterocycles. The molecule has 7 aromatic rings. The molecule has 0 unspecified atom stereocenters. The third-order valence-electron chi connectivity index (χ3n) is 8.91. The summed E-state index contributed by atoms with van der Waals surface area (Å²) in [7, 11) is -13.8. The maximum atomic E-state index is 12.7. The number of phenolic OH excluding ortho intramolecular Hbond substituents is 1. The number of nitrogens with zero attached hydrogens (tertiary/aromatic N) is 9. The molecule has 0 atom stereocenters. The summed E-state index contributed by atoms with van der Waals surface area (Å²) in [4.78, 5) is 3.40. The lowest BCUT2D eigenvalue weighted by atomic mass is 10.1. The number of azo groups is 3. The van der Waals surface area contributed by atoms with E-state index in [-0.39, 0.29) is 58.0 Å². The predicted molar refractivity (Wildman–Crippen MR) is 225 cm³/mol. The minimum Gasteiger partial charge on any atom is -0.505 e. The van der Waals surface area contributed by atoms with E-state index in [0.717, 1.165) is 44.9 Å². The molecule has 320 valence electrons. The molecule has 0 radical (unpaired) electrons. The van der Waals surface area contributed by atoms with Crippen molar-refractivity contribution < 1.29 is 53.9 Å². The van der Waals surface area contributed by atoms with E-state index in [9.17, 15) is 49.1 Å². The highest BCUT2D eigenvalue weighted by Gasteiger charge is 2.23. The molecule has 2 aromatic heterocycles. The lowest BCUT2D eigenvalue weighted by molar-refractivity contribution is 0.317. The third-order valence-corrected chi connectivity index (χ3v) is 12.4. The molecule has 0 bridgehead atoms. The van der Waals surface area contributed by atoms with Gasteiger partial charge in [-0.15, -0.1) is 30.7 Å². The standard InChI is InChI=1S/C37H31N9O12S4/c1-20-5-3-6-32-33(20)39-37(59-32)45-42-28-18-31(58-15-4-16-60(49,50)51)29(17-21(28)2)43-40-26-13-12-25-24(34(26)47)11-14-27(35(25)62(55,56)57)41-44-30-19-38-46(36(30)48)22-7-9-23(10-8-22)61(52,53)54/h3,5-14,17-19,47-48H,4,15-16H2,1-2H3,(H,49,50,51)(H,52,53,54)(H,55,56,57). The van der Waals surface area contributed by atoms with E-state index in [1.165, 1.54) is 47.7 Å². The van der Waals surface area contributed by atoms with Crippen LogP contribution in [-0.4, -0.2) is 76.2 Å². The maximum Gasteiger partial charge on any atom is 0.297 e. The van der Waals surface area contributed by atoms with Gasteiger partial charge in [-0.05, 0) is 86.0 Å². The van der Waals surface area contributed by atoms with Crippen molar-refractivity contribution in [2.24, 2.45) is 30.7 Å². The van der Waals surface area contributed by atoms with Gasteiger partial charge in [0.05, 0.1) is 45.0 Å². The Kier molecular flexibility index (Phi) is 11.9. The summed E-state index contributed by atoms with van der Waals surface area (Å²) in [6.45, 7) is 3.50. The van der Waals surface area contributed by atoms with Crippen LogP contribution in [0.3, 0.4) is 0 Å². The Morgan fingerprint density at radius 3 is 2.05 bits per heavy atom. The van der Waals surface area contributed by atoms with E-state index >= 15 is 0 Å². The van der Waals surface area contributed by atoms with Crippen LogP contribution in [-0.2, 0) is 30.4 Å². The second kappa shape index (κ2) is 17.0. The van der Waals surface area contributed by atoms with Crippen molar-refractivity contribution in [3.05, 3.63) is 96.2 Å². The van der Waals surface area contributed by atoms with Gasteiger partial charge in [0.15, 0.2) is 11.4 Å².